The van der Waals surface area contributed by atoms with Gasteiger partial charge in [-0.2, -0.15) is 0 Å². The summed E-state index contributed by atoms with van der Waals surface area (Å²) in [7, 11) is 0. The van der Waals surface area contributed by atoms with E-state index < -0.39 is 0 Å². The highest BCUT2D eigenvalue weighted by atomic mass is 79.9. The van der Waals surface area contributed by atoms with E-state index in [0.29, 0.717) is 18.0 Å². The van der Waals surface area contributed by atoms with Crippen LogP contribution in [0.4, 0.5) is 5.69 Å². The van der Waals surface area contributed by atoms with Gasteiger partial charge in [0.1, 0.15) is 0 Å². The monoisotopic (exact) mass is 310 g/mol. The lowest BCUT2D eigenvalue weighted by atomic mass is 9.97. The number of benzene rings is 1. The smallest absolute Gasteiger partial charge is 0.0514 e. The van der Waals surface area contributed by atoms with Gasteiger partial charge in [0, 0.05) is 29.6 Å². The number of hydrogen-bond donors (Lipinski definition) is 1. The molecule has 0 spiro atoms. The molecule has 1 aliphatic rings. The highest BCUT2D eigenvalue weighted by molar-refractivity contribution is 9.10. The molecule has 1 aliphatic heterocycles. The highest BCUT2D eigenvalue weighted by Gasteiger charge is 2.29. The SMILES string of the molecule is CCC1CN(c2ccccc2Br)C(C(C)C)CN1. The molecular formula is C15H23BrN2. The van der Waals surface area contributed by atoms with Gasteiger partial charge in [0.25, 0.3) is 0 Å². The van der Waals surface area contributed by atoms with Crippen LogP contribution in [0.15, 0.2) is 28.7 Å². The van der Waals surface area contributed by atoms with Crippen molar-refractivity contribution in [1.82, 2.24) is 5.32 Å². The van der Waals surface area contributed by atoms with E-state index in [-0.39, 0.29) is 0 Å². The van der Waals surface area contributed by atoms with Crippen molar-refractivity contribution in [3.8, 4) is 0 Å². The molecule has 1 aromatic carbocycles. The first-order valence-corrected chi connectivity index (χ1v) is 7.67. The summed E-state index contributed by atoms with van der Waals surface area (Å²) in [6.45, 7) is 9.05. The maximum Gasteiger partial charge on any atom is 0.0514 e. The normalized spacial score (nSPS) is 24.6. The van der Waals surface area contributed by atoms with Crippen LogP contribution < -0.4 is 10.2 Å². The van der Waals surface area contributed by atoms with Gasteiger partial charge in [-0.1, -0.05) is 32.9 Å². The third-order valence-electron chi connectivity index (χ3n) is 3.86. The van der Waals surface area contributed by atoms with Crippen molar-refractivity contribution in [3.63, 3.8) is 0 Å². The van der Waals surface area contributed by atoms with Crippen molar-refractivity contribution in [2.24, 2.45) is 5.92 Å². The Hall–Kier alpha value is -0.540. The van der Waals surface area contributed by atoms with E-state index in [0.717, 1.165) is 13.1 Å². The fraction of sp³-hybridized carbons (Fsp3) is 0.600. The van der Waals surface area contributed by atoms with Crippen LogP contribution in [-0.4, -0.2) is 25.2 Å². The average molecular weight is 311 g/mol. The zero-order valence-electron chi connectivity index (χ0n) is 11.5. The summed E-state index contributed by atoms with van der Waals surface area (Å²) in [5, 5.41) is 3.66. The second-order valence-electron chi connectivity index (χ2n) is 5.43. The zero-order chi connectivity index (χ0) is 13.1. The third-order valence-corrected chi connectivity index (χ3v) is 4.53. The molecule has 0 radical (unpaired) electrons. The van der Waals surface area contributed by atoms with Gasteiger partial charge in [0.2, 0.25) is 0 Å². The van der Waals surface area contributed by atoms with E-state index in [2.05, 4.69) is 71.2 Å². The number of anilines is 1. The molecule has 0 aromatic heterocycles. The van der Waals surface area contributed by atoms with E-state index in [1.54, 1.807) is 0 Å². The number of nitrogens with zero attached hydrogens (tertiary/aromatic N) is 1. The number of rotatable bonds is 3. The van der Waals surface area contributed by atoms with Crippen molar-refractivity contribution in [2.75, 3.05) is 18.0 Å². The first-order chi connectivity index (χ1) is 8.63. The van der Waals surface area contributed by atoms with E-state index >= 15 is 0 Å². The molecule has 1 N–H and O–H groups in total. The first-order valence-electron chi connectivity index (χ1n) is 6.88. The molecule has 0 saturated carbocycles. The predicted molar refractivity (Wildman–Crippen MR) is 82.2 cm³/mol. The molecule has 1 saturated heterocycles. The van der Waals surface area contributed by atoms with Gasteiger partial charge < -0.3 is 10.2 Å². The molecule has 100 valence electrons. The standard InChI is InChI=1S/C15H23BrN2/c1-4-12-10-18(15(9-17-12)11(2)3)14-8-6-5-7-13(14)16/h5-8,11-12,15,17H,4,9-10H2,1-3H3. The Balaban J connectivity index is 2.27. The lowest BCUT2D eigenvalue weighted by molar-refractivity contribution is 0.333. The molecule has 2 rings (SSSR count). The third kappa shape index (κ3) is 2.89. The molecular weight excluding hydrogens is 288 g/mol. The lowest BCUT2D eigenvalue weighted by Gasteiger charge is -2.44. The molecule has 2 unspecified atom stereocenters. The van der Waals surface area contributed by atoms with Gasteiger partial charge in [-0.3, -0.25) is 0 Å². The van der Waals surface area contributed by atoms with Crippen LogP contribution in [0.5, 0.6) is 0 Å². The molecule has 1 aromatic rings. The van der Waals surface area contributed by atoms with Crippen LogP contribution in [0.2, 0.25) is 0 Å². The summed E-state index contributed by atoms with van der Waals surface area (Å²) in [5.41, 5.74) is 1.33. The Kier molecular flexibility index (Phi) is 4.68. The molecule has 2 nitrogen and oxygen atoms in total. The van der Waals surface area contributed by atoms with Crippen molar-refractivity contribution >= 4 is 21.6 Å². The van der Waals surface area contributed by atoms with Gasteiger partial charge in [0.05, 0.1) is 5.69 Å². The van der Waals surface area contributed by atoms with Crippen LogP contribution in [0.1, 0.15) is 27.2 Å². The number of halogens is 1. The second-order valence-corrected chi connectivity index (χ2v) is 6.28. The zero-order valence-corrected chi connectivity index (χ0v) is 13.1. The fourth-order valence-electron chi connectivity index (χ4n) is 2.67. The number of piperazine rings is 1. The minimum Gasteiger partial charge on any atom is -0.365 e. The largest absolute Gasteiger partial charge is 0.365 e. The second kappa shape index (κ2) is 6.07. The Morgan fingerprint density at radius 2 is 2.11 bits per heavy atom. The number of nitrogens with one attached hydrogen (secondary N) is 1. The first kappa shape index (κ1) is 13.9. The summed E-state index contributed by atoms with van der Waals surface area (Å²) < 4.78 is 1.20. The topological polar surface area (TPSA) is 15.3 Å². The fourth-order valence-corrected chi connectivity index (χ4v) is 3.18. The Morgan fingerprint density at radius 1 is 1.39 bits per heavy atom. The molecule has 1 fully saturated rings. The van der Waals surface area contributed by atoms with Crippen molar-refractivity contribution < 1.29 is 0 Å². The lowest BCUT2D eigenvalue weighted by Crippen LogP contribution is -2.58. The molecule has 3 heteroatoms. The van der Waals surface area contributed by atoms with Crippen LogP contribution in [0.25, 0.3) is 0 Å². The van der Waals surface area contributed by atoms with Gasteiger partial charge in [-0.05, 0) is 40.4 Å². The van der Waals surface area contributed by atoms with Crippen molar-refractivity contribution in [3.05, 3.63) is 28.7 Å². The van der Waals surface area contributed by atoms with E-state index in [9.17, 15) is 0 Å². The van der Waals surface area contributed by atoms with Gasteiger partial charge in [0.15, 0.2) is 0 Å². The summed E-state index contributed by atoms with van der Waals surface area (Å²) in [5.74, 6) is 0.655. The summed E-state index contributed by atoms with van der Waals surface area (Å²) in [6.07, 6.45) is 1.19. The van der Waals surface area contributed by atoms with E-state index in [1.165, 1.54) is 16.6 Å². The van der Waals surface area contributed by atoms with Gasteiger partial charge in [-0.15, -0.1) is 0 Å². The van der Waals surface area contributed by atoms with E-state index in [4.69, 9.17) is 0 Å². The van der Waals surface area contributed by atoms with Crippen LogP contribution >= 0.6 is 15.9 Å². The van der Waals surface area contributed by atoms with Crippen LogP contribution in [0, 0.1) is 5.92 Å². The molecule has 1 heterocycles. The van der Waals surface area contributed by atoms with Crippen molar-refractivity contribution in [2.45, 2.75) is 39.3 Å². The maximum atomic E-state index is 3.69. The summed E-state index contributed by atoms with van der Waals surface area (Å²) in [4.78, 5) is 2.57. The quantitative estimate of drug-likeness (QED) is 0.916. The Morgan fingerprint density at radius 3 is 2.72 bits per heavy atom. The molecule has 0 amide bonds. The summed E-state index contributed by atoms with van der Waals surface area (Å²) in [6, 6.07) is 9.74. The minimum absolute atomic E-state index is 0.575. The maximum absolute atomic E-state index is 3.69. The van der Waals surface area contributed by atoms with E-state index in [1.807, 2.05) is 0 Å². The molecule has 2 atom stereocenters. The minimum atomic E-state index is 0.575. The average Bonchev–Trinajstić information content (AvgIpc) is 2.38. The van der Waals surface area contributed by atoms with Crippen LogP contribution in [0.3, 0.4) is 0 Å². The van der Waals surface area contributed by atoms with Crippen LogP contribution in [-0.2, 0) is 0 Å². The Labute approximate surface area is 119 Å². The molecule has 0 bridgehead atoms. The highest BCUT2D eigenvalue weighted by Crippen LogP contribution is 2.30. The predicted octanol–water partition coefficient (Wildman–Crippen LogP) is 3.66. The molecule has 0 aliphatic carbocycles. The number of hydrogen-bond acceptors (Lipinski definition) is 2. The van der Waals surface area contributed by atoms with Crippen molar-refractivity contribution in [1.29, 1.82) is 0 Å². The van der Waals surface area contributed by atoms with Gasteiger partial charge >= 0.3 is 0 Å². The Bertz CT molecular complexity index is 392. The van der Waals surface area contributed by atoms with Gasteiger partial charge in [-0.25, -0.2) is 0 Å². The summed E-state index contributed by atoms with van der Waals surface area (Å²) >= 11 is 3.69. The molecule has 18 heavy (non-hydrogen) atoms. The number of para-hydroxylation sites is 1.